The molecule has 0 amide bonds. The zero-order valence-corrected chi connectivity index (χ0v) is 12.4. The van der Waals surface area contributed by atoms with Crippen LogP contribution in [0.2, 0.25) is 0 Å². The molecule has 6 heteroatoms. The topological polar surface area (TPSA) is 73.0 Å². The van der Waals surface area contributed by atoms with Crippen LogP contribution in [0.25, 0.3) is 11.0 Å². The molecule has 0 aliphatic carbocycles. The fraction of sp³-hybridized carbons (Fsp3) is 0.429. The fourth-order valence-corrected chi connectivity index (χ4v) is 2.21. The number of aromatic hydroxyl groups is 1. The largest absolute Gasteiger partial charge is 0.506 e. The normalized spacial score (nSPS) is 10.7. The van der Waals surface area contributed by atoms with Gasteiger partial charge in [0.2, 0.25) is 0 Å². The number of nitrogens with one attached hydrogen (secondary N) is 3. The maximum atomic E-state index is 9.48. The van der Waals surface area contributed by atoms with E-state index in [1.807, 2.05) is 6.20 Å². The Morgan fingerprint density at radius 2 is 2.20 bits per heavy atom. The highest BCUT2D eigenvalue weighted by molar-refractivity contribution is 7.80. The van der Waals surface area contributed by atoms with Crippen molar-refractivity contribution in [3.63, 3.8) is 0 Å². The standard InChI is InChI=1S/C14H20N4OS/c1-2-3-5-15-14(20)16-6-4-10-8-17-13-12(10)7-11(19)9-18-13/h7-9,19H,2-6H2,1H3,(H,17,18)(H2,15,16,20). The Balaban J connectivity index is 1.84. The second-order valence-corrected chi connectivity index (χ2v) is 5.10. The maximum Gasteiger partial charge on any atom is 0.166 e. The Labute approximate surface area is 123 Å². The lowest BCUT2D eigenvalue weighted by molar-refractivity contribution is 0.474. The number of thiocarbonyl (C=S) groups is 1. The summed E-state index contributed by atoms with van der Waals surface area (Å²) in [6, 6.07) is 1.73. The van der Waals surface area contributed by atoms with Gasteiger partial charge < -0.3 is 20.7 Å². The molecule has 2 aromatic rings. The number of H-pyrrole nitrogens is 1. The first kappa shape index (κ1) is 14.6. The van der Waals surface area contributed by atoms with Crippen molar-refractivity contribution in [3.05, 3.63) is 24.0 Å². The monoisotopic (exact) mass is 292 g/mol. The predicted octanol–water partition coefficient (Wildman–Crippen LogP) is 2.08. The van der Waals surface area contributed by atoms with E-state index >= 15 is 0 Å². The van der Waals surface area contributed by atoms with Crippen molar-refractivity contribution in [1.82, 2.24) is 20.6 Å². The van der Waals surface area contributed by atoms with Gasteiger partial charge in [-0.3, -0.25) is 0 Å². The summed E-state index contributed by atoms with van der Waals surface area (Å²) in [6.07, 6.45) is 6.46. The van der Waals surface area contributed by atoms with E-state index in [0.29, 0.717) is 5.11 Å². The van der Waals surface area contributed by atoms with Gasteiger partial charge in [-0.15, -0.1) is 0 Å². The van der Waals surface area contributed by atoms with E-state index < -0.39 is 0 Å². The van der Waals surface area contributed by atoms with Gasteiger partial charge in [-0.05, 0) is 36.7 Å². The molecule has 0 saturated heterocycles. The number of aromatic amines is 1. The Kier molecular flexibility index (Phi) is 5.17. The average molecular weight is 292 g/mol. The summed E-state index contributed by atoms with van der Waals surface area (Å²) in [5.41, 5.74) is 1.91. The summed E-state index contributed by atoms with van der Waals surface area (Å²) >= 11 is 5.20. The van der Waals surface area contributed by atoms with Crippen LogP contribution in [0.1, 0.15) is 25.3 Å². The zero-order chi connectivity index (χ0) is 14.4. The third-order valence-electron chi connectivity index (χ3n) is 3.10. The lowest BCUT2D eigenvalue weighted by Gasteiger charge is -2.09. The van der Waals surface area contributed by atoms with E-state index in [-0.39, 0.29) is 5.75 Å². The molecular weight excluding hydrogens is 272 g/mol. The Morgan fingerprint density at radius 1 is 1.40 bits per heavy atom. The van der Waals surface area contributed by atoms with Gasteiger partial charge in [-0.25, -0.2) is 4.98 Å². The number of rotatable bonds is 6. The molecule has 0 atom stereocenters. The van der Waals surface area contributed by atoms with Gasteiger partial charge in [0.1, 0.15) is 11.4 Å². The van der Waals surface area contributed by atoms with Crippen molar-refractivity contribution < 1.29 is 5.11 Å². The lowest BCUT2D eigenvalue weighted by atomic mass is 10.1. The van der Waals surface area contributed by atoms with Gasteiger partial charge in [0.05, 0.1) is 6.20 Å². The van der Waals surface area contributed by atoms with E-state index in [1.165, 1.54) is 6.20 Å². The van der Waals surface area contributed by atoms with Gasteiger partial charge in [-0.1, -0.05) is 13.3 Å². The number of hydrogen-bond donors (Lipinski definition) is 4. The average Bonchev–Trinajstić information content (AvgIpc) is 2.82. The predicted molar refractivity (Wildman–Crippen MR) is 85.0 cm³/mol. The van der Waals surface area contributed by atoms with E-state index in [2.05, 4.69) is 27.5 Å². The molecule has 0 radical (unpaired) electrons. The molecule has 4 N–H and O–H groups in total. The van der Waals surface area contributed by atoms with Crippen LogP contribution in [-0.2, 0) is 6.42 Å². The molecular formula is C14H20N4OS. The molecule has 20 heavy (non-hydrogen) atoms. The second-order valence-electron chi connectivity index (χ2n) is 4.69. The number of pyridine rings is 1. The smallest absolute Gasteiger partial charge is 0.166 e. The van der Waals surface area contributed by atoms with Crippen LogP contribution in [0.5, 0.6) is 5.75 Å². The number of hydrogen-bond acceptors (Lipinski definition) is 3. The number of fused-ring (bicyclic) bond motifs is 1. The fourth-order valence-electron chi connectivity index (χ4n) is 2.01. The summed E-state index contributed by atoms with van der Waals surface area (Å²) < 4.78 is 0. The molecule has 108 valence electrons. The minimum atomic E-state index is 0.183. The highest BCUT2D eigenvalue weighted by Crippen LogP contribution is 2.20. The third kappa shape index (κ3) is 3.84. The summed E-state index contributed by atoms with van der Waals surface area (Å²) in [5, 5.41) is 17.5. The first-order valence-electron chi connectivity index (χ1n) is 6.87. The second kappa shape index (κ2) is 7.09. The molecule has 0 saturated carbocycles. The SMILES string of the molecule is CCCCNC(=S)NCCc1c[nH]c2ncc(O)cc12. The zero-order valence-electron chi connectivity index (χ0n) is 11.6. The number of unbranched alkanes of at least 4 members (excludes halogenated alkanes) is 1. The van der Waals surface area contributed by atoms with Crippen LogP contribution < -0.4 is 10.6 Å². The first-order valence-corrected chi connectivity index (χ1v) is 7.28. The number of aromatic nitrogens is 2. The van der Waals surface area contributed by atoms with Crippen molar-refractivity contribution in [2.75, 3.05) is 13.1 Å². The van der Waals surface area contributed by atoms with Crippen molar-refractivity contribution in [1.29, 1.82) is 0 Å². The Morgan fingerprint density at radius 3 is 3.00 bits per heavy atom. The van der Waals surface area contributed by atoms with Crippen molar-refractivity contribution in [2.24, 2.45) is 0 Å². The molecule has 2 heterocycles. The van der Waals surface area contributed by atoms with Crippen LogP contribution in [0, 0.1) is 0 Å². The maximum absolute atomic E-state index is 9.48. The van der Waals surface area contributed by atoms with Crippen molar-refractivity contribution >= 4 is 28.4 Å². The van der Waals surface area contributed by atoms with Gasteiger partial charge in [-0.2, -0.15) is 0 Å². The molecule has 2 rings (SSSR count). The van der Waals surface area contributed by atoms with Crippen LogP contribution in [0.15, 0.2) is 18.5 Å². The first-order chi connectivity index (χ1) is 9.70. The van der Waals surface area contributed by atoms with Crippen LogP contribution in [-0.4, -0.2) is 33.3 Å². The van der Waals surface area contributed by atoms with Crippen LogP contribution in [0.3, 0.4) is 0 Å². The molecule has 0 aliphatic rings. The minimum Gasteiger partial charge on any atom is -0.506 e. The number of nitrogens with zero attached hydrogens (tertiary/aromatic N) is 1. The summed E-state index contributed by atoms with van der Waals surface area (Å²) in [4.78, 5) is 7.23. The minimum absolute atomic E-state index is 0.183. The van der Waals surface area contributed by atoms with E-state index in [0.717, 1.165) is 48.9 Å². The van der Waals surface area contributed by atoms with Crippen molar-refractivity contribution in [3.8, 4) is 5.75 Å². The highest BCUT2D eigenvalue weighted by Gasteiger charge is 2.05. The van der Waals surface area contributed by atoms with Crippen LogP contribution in [0.4, 0.5) is 0 Å². The molecule has 5 nitrogen and oxygen atoms in total. The molecule has 0 aromatic carbocycles. The highest BCUT2D eigenvalue weighted by atomic mass is 32.1. The molecule has 0 aliphatic heterocycles. The molecule has 0 fully saturated rings. The molecule has 0 spiro atoms. The Hall–Kier alpha value is -1.82. The van der Waals surface area contributed by atoms with Crippen LogP contribution >= 0.6 is 12.2 Å². The van der Waals surface area contributed by atoms with E-state index in [1.54, 1.807) is 6.07 Å². The quantitative estimate of drug-likeness (QED) is 0.484. The Bertz CT molecular complexity index is 582. The van der Waals surface area contributed by atoms with Gasteiger partial charge >= 0.3 is 0 Å². The van der Waals surface area contributed by atoms with Gasteiger partial charge in [0.25, 0.3) is 0 Å². The lowest BCUT2D eigenvalue weighted by Crippen LogP contribution is -2.36. The molecule has 2 aromatic heterocycles. The third-order valence-corrected chi connectivity index (χ3v) is 3.39. The van der Waals surface area contributed by atoms with Gasteiger partial charge in [0.15, 0.2) is 5.11 Å². The summed E-state index contributed by atoms with van der Waals surface area (Å²) in [6.45, 7) is 3.81. The summed E-state index contributed by atoms with van der Waals surface area (Å²) in [7, 11) is 0. The molecule has 0 bridgehead atoms. The summed E-state index contributed by atoms with van der Waals surface area (Å²) in [5.74, 6) is 0.183. The molecule has 0 unspecified atom stereocenters. The van der Waals surface area contributed by atoms with Gasteiger partial charge in [0, 0.05) is 24.7 Å². The van der Waals surface area contributed by atoms with E-state index in [9.17, 15) is 5.11 Å². The van der Waals surface area contributed by atoms with E-state index in [4.69, 9.17) is 12.2 Å². The van der Waals surface area contributed by atoms with Crippen molar-refractivity contribution in [2.45, 2.75) is 26.2 Å².